The van der Waals surface area contributed by atoms with Gasteiger partial charge >= 0.3 is 12.2 Å². The standard InChI is InChI=1S/C54H55ClF4N8O5/c1-32-26-42(66(29-35-11-17-39(69-5)18-12-35)30-36-13-19-40(70-6)20-14-36)62-48(45(32)54(57,58)59)43-46(55)50-44-49(47(43)56)63-53(72-31-37-21-23-65(3)28-37)64-52(44)67(24-25-71-50)33(2)41-8-7-22-60-51(41)61-27-34-9-15-38(68-4)16-10-34/h7-20,22,26,33,37H,21,23-25,27-31H2,1-6H3,(H,60,61)/t33-,37?/m1/s1. The molecule has 5 heterocycles. The van der Waals surface area contributed by atoms with Gasteiger partial charge in [0, 0.05) is 43.9 Å². The molecule has 0 aliphatic carbocycles. The van der Waals surface area contributed by atoms with E-state index in [1.165, 1.54) is 13.0 Å². The molecule has 1 N–H and O–H groups in total. The summed E-state index contributed by atoms with van der Waals surface area (Å²) in [5, 5.41) is 3.14. The number of likely N-dealkylation sites (tertiary alicyclic amines) is 1. The van der Waals surface area contributed by atoms with Crippen molar-refractivity contribution < 1.29 is 41.2 Å². The highest BCUT2D eigenvalue weighted by Gasteiger charge is 2.41. The van der Waals surface area contributed by atoms with Gasteiger partial charge in [0.05, 0.1) is 67.8 Å². The van der Waals surface area contributed by atoms with Crippen molar-refractivity contribution in [2.24, 2.45) is 5.92 Å². The van der Waals surface area contributed by atoms with E-state index in [-0.39, 0.29) is 78.6 Å². The van der Waals surface area contributed by atoms with Crippen LogP contribution >= 0.6 is 11.6 Å². The third kappa shape index (κ3) is 10.6. The van der Waals surface area contributed by atoms with Crippen LogP contribution < -0.4 is 38.8 Å². The first-order valence-corrected chi connectivity index (χ1v) is 24.0. The Morgan fingerprint density at radius 3 is 2.07 bits per heavy atom. The van der Waals surface area contributed by atoms with Gasteiger partial charge in [-0.05, 0) is 105 Å². The zero-order valence-corrected chi connectivity index (χ0v) is 41.6. The van der Waals surface area contributed by atoms with Crippen LogP contribution in [0.1, 0.15) is 52.8 Å². The SMILES string of the molecule is COc1ccc(CNc2ncccc2[C@@H](C)N2CCOc3c(Cl)c(-c4nc(N(Cc5ccc(OC)cc5)Cc5ccc(OC)cc5)cc(C)c4C(F)(F)F)c(F)c4nc(OCC5CCN(C)C5)nc2c34)cc1. The maximum absolute atomic E-state index is 18.2. The Morgan fingerprint density at radius 1 is 0.861 bits per heavy atom. The van der Waals surface area contributed by atoms with Gasteiger partial charge in [-0.1, -0.05) is 54.1 Å². The number of ether oxygens (including phenoxy) is 5. The lowest BCUT2D eigenvalue weighted by Crippen LogP contribution is -2.31. The quantitative estimate of drug-likeness (QED) is 0.0873. The minimum absolute atomic E-state index is 0.00378. The molecule has 2 atom stereocenters. The number of pyridine rings is 2. The van der Waals surface area contributed by atoms with Crippen LogP contribution in [0.3, 0.4) is 0 Å². The molecule has 1 unspecified atom stereocenters. The zero-order chi connectivity index (χ0) is 50.7. The van der Waals surface area contributed by atoms with Crippen molar-refractivity contribution in [2.75, 3.05) is 76.3 Å². The van der Waals surface area contributed by atoms with Gasteiger partial charge < -0.3 is 43.7 Å². The number of hydrogen-bond donors (Lipinski definition) is 1. The van der Waals surface area contributed by atoms with Gasteiger partial charge in [-0.2, -0.15) is 23.1 Å². The van der Waals surface area contributed by atoms with E-state index in [0.29, 0.717) is 23.9 Å². The van der Waals surface area contributed by atoms with Gasteiger partial charge in [-0.25, -0.2) is 14.4 Å². The highest BCUT2D eigenvalue weighted by Crippen LogP contribution is 2.51. The molecule has 1 fully saturated rings. The van der Waals surface area contributed by atoms with Gasteiger partial charge in [0.1, 0.15) is 46.8 Å². The lowest BCUT2D eigenvalue weighted by atomic mass is 9.98. The number of nitrogens with zero attached hydrogens (tertiary/aromatic N) is 7. The first kappa shape index (κ1) is 49.9. The Morgan fingerprint density at radius 2 is 1.49 bits per heavy atom. The molecule has 13 nitrogen and oxygen atoms in total. The van der Waals surface area contributed by atoms with E-state index in [2.05, 4.69) is 15.2 Å². The van der Waals surface area contributed by atoms with Crippen molar-refractivity contribution >= 4 is 40.0 Å². The minimum atomic E-state index is -4.99. The van der Waals surface area contributed by atoms with Crippen LogP contribution in [0.15, 0.2) is 97.2 Å². The lowest BCUT2D eigenvalue weighted by molar-refractivity contribution is -0.137. The summed E-state index contributed by atoms with van der Waals surface area (Å²) in [5.41, 5.74) is 0.420. The molecule has 9 rings (SSSR count). The van der Waals surface area contributed by atoms with E-state index in [4.69, 9.17) is 50.2 Å². The van der Waals surface area contributed by atoms with E-state index in [0.717, 1.165) is 47.5 Å². The minimum Gasteiger partial charge on any atom is -0.497 e. The molecule has 2 aliphatic rings. The Hall–Kier alpha value is -7.11. The Labute approximate surface area is 420 Å². The van der Waals surface area contributed by atoms with Crippen LogP contribution in [0.5, 0.6) is 29.0 Å². The largest absolute Gasteiger partial charge is 0.497 e. The summed E-state index contributed by atoms with van der Waals surface area (Å²) in [7, 11) is 6.77. The Kier molecular flexibility index (Phi) is 14.8. The summed E-state index contributed by atoms with van der Waals surface area (Å²) in [5.74, 6) is 1.92. The predicted octanol–water partition coefficient (Wildman–Crippen LogP) is 11.3. The molecule has 0 spiro atoms. The van der Waals surface area contributed by atoms with Crippen LogP contribution in [-0.2, 0) is 25.8 Å². The van der Waals surface area contributed by atoms with Crippen molar-refractivity contribution in [2.45, 2.75) is 52.1 Å². The topological polar surface area (TPSA) is 119 Å². The summed E-state index contributed by atoms with van der Waals surface area (Å²) in [6, 6.07) is 26.9. The van der Waals surface area contributed by atoms with Crippen LogP contribution in [0, 0.1) is 18.7 Å². The summed E-state index contributed by atoms with van der Waals surface area (Å²) in [4.78, 5) is 24.9. The Balaban J connectivity index is 1.19. The zero-order valence-electron chi connectivity index (χ0n) is 40.8. The second-order valence-corrected chi connectivity index (χ2v) is 18.4. The van der Waals surface area contributed by atoms with Gasteiger partial charge in [0.15, 0.2) is 11.6 Å². The third-order valence-corrected chi connectivity index (χ3v) is 13.6. The molecule has 7 aromatic rings. The molecule has 0 amide bonds. The number of anilines is 3. The monoisotopic (exact) mass is 1010 g/mol. The average Bonchev–Trinajstić information content (AvgIpc) is 3.71. The lowest BCUT2D eigenvalue weighted by Gasteiger charge is -2.31. The summed E-state index contributed by atoms with van der Waals surface area (Å²) in [6.07, 6.45) is -2.43. The molecule has 1 saturated heterocycles. The number of rotatable bonds is 17. The maximum Gasteiger partial charge on any atom is 0.418 e. The summed E-state index contributed by atoms with van der Waals surface area (Å²) < 4.78 is 93.7. The molecule has 72 heavy (non-hydrogen) atoms. The number of hydrogen-bond acceptors (Lipinski definition) is 13. The Bertz CT molecular complexity index is 2990. The smallest absolute Gasteiger partial charge is 0.418 e. The molecular weight excluding hydrogens is 952 g/mol. The molecular formula is C54H55ClF4N8O5. The molecule has 2 aliphatic heterocycles. The highest BCUT2D eigenvalue weighted by molar-refractivity contribution is 6.36. The van der Waals surface area contributed by atoms with E-state index in [1.54, 1.807) is 51.8 Å². The van der Waals surface area contributed by atoms with Crippen molar-refractivity contribution in [3.05, 3.63) is 141 Å². The molecule has 3 aromatic heterocycles. The van der Waals surface area contributed by atoms with Crippen molar-refractivity contribution in [3.8, 4) is 40.3 Å². The fourth-order valence-corrected chi connectivity index (χ4v) is 9.73. The highest BCUT2D eigenvalue weighted by atomic mass is 35.5. The fourth-order valence-electron chi connectivity index (χ4n) is 9.41. The number of benzene rings is 4. The molecule has 18 heteroatoms. The van der Waals surface area contributed by atoms with Crippen LogP contribution in [0.2, 0.25) is 5.02 Å². The molecule has 4 aromatic carbocycles. The summed E-state index contributed by atoms with van der Waals surface area (Å²) in [6.45, 7) is 6.28. The van der Waals surface area contributed by atoms with Crippen LogP contribution in [0.25, 0.3) is 22.2 Å². The second kappa shape index (κ2) is 21.3. The van der Waals surface area contributed by atoms with Crippen molar-refractivity contribution in [1.29, 1.82) is 0 Å². The molecule has 0 bridgehead atoms. The van der Waals surface area contributed by atoms with Crippen molar-refractivity contribution in [1.82, 2.24) is 24.8 Å². The number of methoxy groups -OCH3 is 3. The first-order valence-electron chi connectivity index (χ1n) is 23.6. The molecule has 0 radical (unpaired) electrons. The molecule has 376 valence electrons. The number of alkyl halides is 3. The average molecular weight is 1010 g/mol. The fraction of sp³-hybridized carbons (Fsp3) is 0.333. The maximum atomic E-state index is 18.2. The number of aryl methyl sites for hydroxylation is 1. The van der Waals surface area contributed by atoms with Gasteiger partial charge in [-0.3, -0.25) is 0 Å². The van der Waals surface area contributed by atoms with E-state index < -0.39 is 39.9 Å². The van der Waals surface area contributed by atoms with Gasteiger partial charge in [-0.15, -0.1) is 0 Å². The molecule has 0 saturated carbocycles. The van der Waals surface area contributed by atoms with Gasteiger partial charge in [0.2, 0.25) is 0 Å². The van der Waals surface area contributed by atoms with Crippen molar-refractivity contribution in [3.63, 3.8) is 0 Å². The number of aromatic nitrogens is 4. The van der Waals surface area contributed by atoms with E-state index >= 15 is 17.6 Å². The normalized spacial score (nSPS) is 15.2. The predicted molar refractivity (Wildman–Crippen MR) is 270 cm³/mol. The second-order valence-electron chi connectivity index (χ2n) is 18.0. The summed E-state index contributed by atoms with van der Waals surface area (Å²) >= 11 is 7.27. The van der Waals surface area contributed by atoms with E-state index in [1.807, 2.05) is 84.4 Å². The van der Waals surface area contributed by atoms with Gasteiger partial charge in [0.25, 0.3) is 0 Å². The first-order chi connectivity index (χ1) is 34.7. The third-order valence-electron chi connectivity index (χ3n) is 13.2. The number of halogens is 5. The van der Waals surface area contributed by atoms with Crippen LogP contribution in [0.4, 0.5) is 35.0 Å². The van der Waals surface area contributed by atoms with E-state index in [9.17, 15) is 0 Å². The van der Waals surface area contributed by atoms with Crippen LogP contribution in [-0.4, -0.2) is 86.1 Å². The number of nitrogens with one attached hydrogen (secondary N) is 1.